The summed E-state index contributed by atoms with van der Waals surface area (Å²) in [5.41, 5.74) is 5.48. The summed E-state index contributed by atoms with van der Waals surface area (Å²) in [5.74, 6) is -4.10. The maximum atomic E-state index is 13.3. The van der Waals surface area contributed by atoms with Crippen molar-refractivity contribution < 1.29 is 21.6 Å². The van der Waals surface area contributed by atoms with Gasteiger partial charge in [-0.05, 0) is 19.8 Å². The van der Waals surface area contributed by atoms with E-state index in [0.717, 1.165) is 0 Å². The van der Waals surface area contributed by atoms with Crippen LogP contribution in [-0.2, 0) is 10.0 Å². The van der Waals surface area contributed by atoms with E-state index >= 15 is 0 Å². The maximum Gasteiger partial charge on any atom is 0.246 e. The van der Waals surface area contributed by atoms with Crippen molar-refractivity contribution in [3.63, 3.8) is 0 Å². The molecule has 0 aliphatic carbocycles. The molecule has 1 atom stereocenters. The lowest BCUT2D eigenvalue weighted by atomic mass is 10.2. The van der Waals surface area contributed by atoms with Crippen molar-refractivity contribution in [1.29, 1.82) is 0 Å². The standard InChI is InChI=1S/C11H15F3N2O2S/c1-7(15)3-2-4-16-19(17,18)11-9(13)5-8(12)6-10(11)14/h5-7,16H,2-4,15H2,1H3. The third-order valence-electron chi connectivity index (χ3n) is 2.36. The number of nitrogens with one attached hydrogen (secondary N) is 1. The average molecular weight is 296 g/mol. The largest absolute Gasteiger partial charge is 0.328 e. The molecule has 1 aromatic rings. The zero-order chi connectivity index (χ0) is 14.6. The van der Waals surface area contributed by atoms with Crippen LogP contribution in [0.1, 0.15) is 19.8 Å². The van der Waals surface area contributed by atoms with Gasteiger partial charge < -0.3 is 5.73 Å². The van der Waals surface area contributed by atoms with Crippen molar-refractivity contribution in [2.24, 2.45) is 5.73 Å². The zero-order valence-corrected chi connectivity index (χ0v) is 11.1. The Morgan fingerprint density at radius 3 is 2.26 bits per heavy atom. The highest BCUT2D eigenvalue weighted by Gasteiger charge is 2.24. The first kappa shape index (κ1) is 15.9. The van der Waals surface area contributed by atoms with Gasteiger partial charge in [-0.15, -0.1) is 0 Å². The van der Waals surface area contributed by atoms with Gasteiger partial charge in [0.05, 0.1) is 0 Å². The van der Waals surface area contributed by atoms with E-state index in [-0.39, 0.29) is 12.6 Å². The average Bonchev–Trinajstić information content (AvgIpc) is 2.22. The molecular formula is C11H15F3N2O2S. The lowest BCUT2D eigenvalue weighted by Crippen LogP contribution is -2.28. The fourth-order valence-corrected chi connectivity index (χ4v) is 2.68. The van der Waals surface area contributed by atoms with E-state index in [0.29, 0.717) is 25.0 Å². The van der Waals surface area contributed by atoms with E-state index < -0.39 is 32.4 Å². The van der Waals surface area contributed by atoms with Crippen LogP contribution in [0.3, 0.4) is 0 Å². The molecule has 0 aliphatic rings. The van der Waals surface area contributed by atoms with E-state index in [1.165, 1.54) is 0 Å². The first-order valence-corrected chi connectivity index (χ1v) is 7.12. The molecule has 0 aliphatic heterocycles. The SMILES string of the molecule is CC(N)CCCNS(=O)(=O)c1c(F)cc(F)cc1F. The predicted molar refractivity (Wildman–Crippen MR) is 64.4 cm³/mol. The van der Waals surface area contributed by atoms with Crippen molar-refractivity contribution >= 4 is 10.0 Å². The summed E-state index contributed by atoms with van der Waals surface area (Å²) in [7, 11) is -4.34. The van der Waals surface area contributed by atoms with Crippen molar-refractivity contribution in [2.45, 2.75) is 30.7 Å². The number of sulfonamides is 1. The van der Waals surface area contributed by atoms with Gasteiger partial charge in [0.1, 0.15) is 17.5 Å². The molecule has 19 heavy (non-hydrogen) atoms. The molecule has 1 unspecified atom stereocenters. The van der Waals surface area contributed by atoms with Crippen LogP contribution < -0.4 is 10.5 Å². The fraction of sp³-hybridized carbons (Fsp3) is 0.455. The van der Waals surface area contributed by atoms with E-state index in [1.54, 1.807) is 6.92 Å². The predicted octanol–water partition coefficient (Wildman–Crippen LogP) is 1.51. The minimum absolute atomic E-state index is 0.000129. The Labute approximate surface area is 109 Å². The number of rotatable bonds is 6. The fourth-order valence-electron chi connectivity index (χ4n) is 1.49. The van der Waals surface area contributed by atoms with Gasteiger partial charge in [0, 0.05) is 24.7 Å². The minimum atomic E-state index is -4.34. The second-order valence-corrected chi connectivity index (χ2v) is 5.92. The summed E-state index contributed by atoms with van der Waals surface area (Å²) >= 11 is 0. The number of hydrogen-bond donors (Lipinski definition) is 2. The minimum Gasteiger partial charge on any atom is -0.328 e. The molecular weight excluding hydrogens is 281 g/mol. The monoisotopic (exact) mass is 296 g/mol. The molecule has 0 saturated carbocycles. The Morgan fingerprint density at radius 1 is 1.26 bits per heavy atom. The first-order chi connectivity index (χ1) is 8.74. The number of hydrogen-bond acceptors (Lipinski definition) is 3. The van der Waals surface area contributed by atoms with Gasteiger partial charge in [0.25, 0.3) is 0 Å². The Morgan fingerprint density at radius 2 is 1.79 bits per heavy atom. The van der Waals surface area contributed by atoms with E-state index in [4.69, 9.17) is 5.73 Å². The Bertz CT molecular complexity index is 524. The smallest absolute Gasteiger partial charge is 0.246 e. The van der Waals surface area contributed by atoms with Gasteiger partial charge in [-0.1, -0.05) is 0 Å². The molecule has 108 valence electrons. The zero-order valence-electron chi connectivity index (χ0n) is 10.3. The van der Waals surface area contributed by atoms with Crippen molar-refractivity contribution in [3.05, 3.63) is 29.6 Å². The lowest BCUT2D eigenvalue weighted by Gasteiger charge is -2.09. The molecule has 1 aromatic carbocycles. The van der Waals surface area contributed by atoms with Crippen molar-refractivity contribution in [3.8, 4) is 0 Å². The highest BCUT2D eigenvalue weighted by molar-refractivity contribution is 7.89. The number of benzene rings is 1. The van der Waals surface area contributed by atoms with Crippen LogP contribution in [0.5, 0.6) is 0 Å². The summed E-state index contributed by atoms with van der Waals surface area (Å²) in [6, 6.07) is 0.544. The normalized spacial score (nSPS) is 13.5. The van der Waals surface area contributed by atoms with Crippen molar-refractivity contribution in [1.82, 2.24) is 4.72 Å². The molecule has 0 amide bonds. The van der Waals surface area contributed by atoms with Gasteiger partial charge in [-0.3, -0.25) is 0 Å². The van der Waals surface area contributed by atoms with Crippen LogP contribution in [0.15, 0.2) is 17.0 Å². The Hall–Kier alpha value is -1.12. The molecule has 0 aromatic heterocycles. The third kappa shape index (κ3) is 4.48. The molecule has 0 radical (unpaired) electrons. The van der Waals surface area contributed by atoms with E-state index in [9.17, 15) is 21.6 Å². The highest BCUT2D eigenvalue weighted by Crippen LogP contribution is 2.19. The quantitative estimate of drug-likeness (QED) is 0.782. The highest BCUT2D eigenvalue weighted by atomic mass is 32.2. The van der Waals surface area contributed by atoms with E-state index in [2.05, 4.69) is 0 Å². The van der Waals surface area contributed by atoms with E-state index in [1.807, 2.05) is 4.72 Å². The summed E-state index contributed by atoms with van der Waals surface area (Å²) in [6.07, 6.45) is 0.998. The number of nitrogens with two attached hydrogens (primary N) is 1. The number of halogens is 3. The molecule has 0 heterocycles. The molecule has 0 bridgehead atoms. The third-order valence-corrected chi connectivity index (χ3v) is 3.87. The maximum absolute atomic E-state index is 13.3. The second kappa shape index (κ2) is 6.36. The Balaban J connectivity index is 2.84. The second-order valence-electron chi connectivity index (χ2n) is 4.22. The molecule has 1 rings (SSSR count). The molecule has 0 saturated heterocycles. The summed E-state index contributed by atoms with van der Waals surface area (Å²) < 4.78 is 64.7. The summed E-state index contributed by atoms with van der Waals surface area (Å²) in [4.78, 5) is -1.17. The molecule has 4 nitrogen and oxygen atoms in total. The van der Waals surface area contributed by atoms with Gasteiger partial charge >= 0.3 is 0 Å². The summed E-state index contributed by atoms with van der Waals surface area (Å²) in [6.45, 7) is 1.76. The first-order valence-electron chi connectivity index (χ1n) is 5.64. The van der Waals surface area contributed by atoms with Crippen LogP contribution in [0.25, 0.3) is 0 Å². The summed E-state index contributed by atoms with van der Waals surface area (Å²) in [5, 5.41) is 0. The van der Waals surface area contributed by atoms with Crippen molar-refractivity contribution in [2.75, 3.05) is 6.54 Å². The lowest BCUT2D eigenvalue weighted by molar-refractivity contribution is 0.492. The van der Waals surface area contributed by atoms with Gasteiger partial charge in [0.2, 0.25) is 10.0 Å². The van der Waals surface area contributed by atoms with Crippen LogP contribution in [0.2, 0.25) is 0 Å². The molecule has 0 fully saturated rings. The van der Waals surface area contributed by atoms with Gasteiger partial charge in [-0.25, -0.2) is 26.3 Å². The van der Waals surface area contributed by atoms with Crippen LogP contribution in [-0.4, -0.2) is 21.0 Å². The van der Waals surface area contributed by atoms with Gasteiger partial charge in [0.15, 0.2) is 4.90 Å². The van der Waals surface area contributed by atoms with Crippen LogP contribution >= 0.6 is 0 Å². The molecule has 3 N–H and O–H groups in total. The van der Waals surface area contributed by atoms with Crippen LogP contribution in [0.4, 0.5) is 13.2 Å². The van der Waals surface area contributed by atoms with Gasteiger partial charge in [-0.2, -0.15) is 0 Å². The Kier molecular flexibility index (Phi) is 5.33. The molecule has 8 heteroatoms. The molecule has 0 spiro atoms. The topological polar surface area (TPSA) is 72.2 Å². The van der Waals surface area contributed by atoms with Crippen LogP contribution in [0, 0.1) is 17.5 Å².